The molecule has 5 heterocycles. The van der Waals surface area contributed by atoms with Crippen LogP contribution in [0.25, 0.3) is 72.7 Å². The molecule has 1 spiro atoms. The Morgan fingerprint density at radius 3 is 2.15 bits per heavy atom. The van der Waals surface area contributed by atoms with Crippen LogP contribution in [0, 0.1) is 27.7 Å². The van der Waals surface area contributed by atoms with E-state index in [1.54, 1.807) is 6.92 Å². The molecule has 4 heteroatoms. The van der Waals surface area contributed by atoms with E-state index in [0.717, 1.165) is 95.2 Å². The molecule has 3 aliphatic heterocycles. The Kier molecular flexibility index (Phi) is 6.86. The van der Waals surface area contributed by atoms with Crippen LogP contribution >= 0.6 is 0 Å². The van der Waals surface area contributed by atoms with Gasteiger partial charge in [-0.1, -0.05) is 115 Å². The largest absolute Gasteiger partial charge is 0.499 e. The lowest BCUT2D eigenvalue weighted by Gasteiger charge is -2.33. The van der Waals surface area contributed by atoms with E-state index in [0.29, 0.717) is 11.1 Å². The molecular weight excluding hydrogens is 743 g/mol. The minimum absolute atomic E-state index is 0.0308. The van der Waals surface area contributed by atoms with Gasteiger partial charge < -0.3 is 4.74 Å². The summed E-state index contributed by atoms with van der Waals surface area (Å²) in [4.78, 5) is 0. The maximum absolute atomic E-state index is 9.20. The van der Waals surface area contributed by atoms with Crippen LogP contribution in [0.4, 0.5) is 0 Å². The van der Waals surface area contributed by atoms with E-state index in [2.05, 4.69) is 148 Å². The van der Waals surface area contributed by atoms with Gasteiger partial charge in [0.1, 0.15) is 16.8 Å². The van der Waals surface area contributed by atoms with Crippen LogP contribution in [-0.2, 0) is 11.3 Å². The predicted octanol–water partition coefficient (Wildman–Crippen LogP) is 13.5. The highest BCUT2D eigenvalue weighted by molar-refractivity contribution is 5.98. The Morgan fingerprint density at radius 1 is 0.689 bits per heavy atom. The maximum Gasteiger partial charge on any atom is 0.499 e. The lowest BCUT2D eigenvalue weighted by molar-refractivity contribution is -0.997. The van der Waals surface area contributed by atoms with Gasteiger partial charge in [0.2, 0.25) is 5.69 Å². The van der Waals surface area contributed by atoms with Gasteiger partial charge in [-0.05, 0) is 143 Å². The summed E-state index contributed by atoms with van der Waals surface area (Å²) in [6.45, 7) is 23.2. The summed E-state index contributed by atoms with van der Waals surface area (Å²) in [5.41, 5.74) is 19.2. The third-order valence-electron chi connectivity index (χ3n) is 13.3. The van der Waals surface area contributed by atoms with Crippen molar-refractivity contribution in [3.05, 3.63) is 166 Å². The van der Waals surface area contributed by atoms with Gasteiger partial charge in [-0.25, -0.2) is 0 Å². The number of aromatic nitrogens is 3. The highest BCUT2D eigenvalue weighted by Crippen LogP contribution is 2.55. The van der Waals surface area contributed by atoms with Crippen LogP contribution < -0.4 is 13.9 Å². The van der Waals surface area contributed by atoms with Gasteiger partial charge in [-0.2, -0.15) is 4.57 Å². The normalized spacial score (nSPS) is 17.0. The minimum Gasteiger partial charge on any atom is -0.392 e. The Hall–Kier alpha value is -6.26. The number of para-hydroxylation sites is 1. The van der Waals surface area contributed by atoms with Crippen molar-refractivity contribution in [3.63, 3.8) is 0 Å². The first-order valence-electron chi connectivity index (χ1n) is 24.1. The average Bonchev–Trinajstić information content (AvgIpc) is 3.75. The molecule has 3 aliphatic rings. The van der Waals surface area contributed by atoms with Crippen LogP contribution in [0.3, 0.4) is 0 Å². The fourth-order valence-corrected chi connectivity index (χ4v) is 10.5. The van der Waals surface area contributed by atoms with Crippen LogP contribution in [0.2, 0.25) is 0 Å². The average molecular weight is 803 g/mol. The molecule has 0 radical (unpaired) electrons. The Morgan fingerprint density at radius 2 is 1.43 bits per heavy atom. The number of ether oxygens (including phenoxy) is 1. The molecule has 1 atom stereocenters. The van der Waals surface area contributed by atoms with E-state index in [4.69, 9.17) is 10.2 Å². The monoisotopic (exact) mass is 802 g/mol. The molecule has 0 saturated heterocycles. The van der Waals surface area contributed by atoms with Crippen molar-refractivity contribution >= 4 is 11.0 Å². The molecule has 0 amide bonds. The number of aryl methyl sites for hydroxylation is 3. The van der Waals surface area contributed by atoms with Gasteiger partial charge in [-0.15, -0.1) is 9.13 Å². The molecule has 0 fully saturated rings. The number of pyridine rings is 1. The molecule has 0 N–H and O–H groups in total. The summed E-state index contributed by atoms with van der Waals surface area (Å²) in [6.07, 6.45) is 2.02. The zero-order valence-electron chi connectivity index (χ0n) is 42.1. The number of rotatable bonds is 5. The minimum atomic E-state index is -1.21. The molecule has 4 nitrogen and oxygen atoms in total. The molecule has 1 unspecified atom stereocenters. The van der Waals surface area contributed by atoms with Gasteiger partial charge in [0, 0.05) is 24.6 Å². The van der Waals surface area contributed by atoms with E-state index in [1.807, 2.05) is 32.2 Å². The van der Waals surface area contributed by atoms with Crippen LogP contribution in [0.1, 0.15) is 112 Å². The number of hydrogen-bond acceptors (Lipinski definition) is 1. The molecule has 0 bridgehead atoms. The summed E-state index contributed by atoms with van der Waals surface area (Å²) >= 11 is 0. The van der Waals surface area contributed by atoms with Crippen molar-refractivity contribution < 1.29 is 20.7 Å². The fraction of sp³-hybridized carbons (Fsp3) is 0.263. The summed E-state index contributed by atoms with van der Waals surface area (Å²) in [5, 5.41) is 0. The van der Waals surface area contributed by atoms with Crippen molar-refractivity contribution in [1.82, 2.24) is 4.57 Å². The van der Waals surface area contributed by atoms with E-state index < -0.39 is 11.7 Å². The van der Waals surface area contributed by atoms with Gasteiger partial charge in [-0.3, -0.25) is 0 Å². The van der Waals surface area contributed by atoms with Gasteiger partial charge in [0.05, 0.1) is 11.0 Å². The zero-order chi connectivity index (χ0) is 46.8. The number of nitrogens with zero attached hydrogens (tertiary/aromatic N) is 3. The third-order valence-corrected chi connectivity index (χ3v) is 13.3. The number of imidazole rings is 1. The molecule has 11 rings (SSSR count). The third kappa shape index (κ3) is 5.17. The molecule has 8 aromatic rings. The van der Waals surface area contributed by atoms with Gasteiger partial charge in [0.25, 0.3) is 0 Å². The van der Waals surface area contributed by atoms with E-state index in [-0.39, 0.29) is 41.1 Å². The van der Waals surface area contributed by atoms with Crippen LogP contribution in [0.5, 0.6) is 5.75 Å². The van der Waals surface area contributed by atoms with Crippen LogP contribution in [-0.4, -0.2) is 4.57 Å². The highest BCUT2D eigenvalue weighted by Gasteiger charge is 2.68. The first kappa shape index (κ1) is 32.5. The number of hydrogen-bond donors (Lipinski definition) is 0. The summed E-state index contributed by atoms with van der Waals surface area (Å²) in [6, 6.07) is 32.7. The molecular formula is C57H55N3O+2. The van der Waals surface area contributed by atoms with E-state index >= 15 is 0 Å². The first-order chi connectivity index (χ1) is 31.1. The Bertz CT molecular complexity index is 3470. The number of benzene rings is 6. The molecule has 0 aliphatic carbocycles. The number of fused-ring (bicyclic) bond motifs is 5. The Labute approximate surface area is 367 Å². The molecule has 2 aromatic heterocycles. The zero-order valence-corrected chi connectivity index (χ0v) is 37.1. The SMILES string of the molecule is [2H]c1c([2H])c(-c2cc[n+]3c(c2)-c2cc(C(C)(C)C)cc4c2C32Oc3c(C)cc(C)cc3-c3n(-c5ccc(-c6c(C(C)C)cccc6C([2H])(C)C)cc5C)c5cccc-4c5[n+]32)c([2H])c([2H])c1C. The second kappa shape index (κ2) is 12.9. The summed E-state index contributed by atoms with van der Waals surface area (Å²) in [7, 11) is 0. The van der Waals surface area contributed by atoms with E-state index in [1.165, 1.54) is 11.1 Å². The van der Waals surface area contributed by atoms with Gasteiger partial charge >= 0.3 is 11.7 Å². The smallest absolute Gasteiger partial charge is 0.392 e. The first-order valence-corrected chi connectivity index (χ1v) is 21.6. The molecule has 0 saturated carbocycles. The Balaban J connectivity index is 1.26. The standard InChI is InChI=1S/C57H55N3O/c1-32(2)42-14-12-15-43(33(3)4)51(42)40-22-23-48(36(7)28-40)59-49-17-13-16-44-45-30-41(56(9,10)11)31-46-50-29-39(38-20-18-34(5)19-21-38)24-25-58(50)57(52(45)46)60(53(44)49)55(59)47-27-35(6)26-37(8)54(47)61-57/h12-33H,1-11H3/q+2/i18D,19D,20D,21D,32D. The topological polar surface area (TPSA) is 21.9 Å². The second-order valence-corrected chi connectivity index (χ2v) is 19.1. The summed E-state index contributed by atoms with van der Waals surface area (Å²) in [5.74, 6) is 0.0652. The maximum atomic E-state index is 9.20. The van der Waals surface area contributed by atoms with Crippen LogP contribution in [0.15, 0.2) is 121 Å². The van der Waals surface area contributed by atoms with Crippen molar-refractivity contribution in [2.75, 3.05) is 0 Å². The van der Waals surface area contributed by atoms with Crippen molar-refractivity contribution in [1.29, 1.82) is 0 Å². The molecule has 61 heavy (non-hydrogen) atoms. The molecule has 302 valence electrons. The molecule has 6 aromatic carbocycles. The van der Waals surface area contributed by atoms with Crippen molar-refractivity contribution in [2.24, 2.45) is 0 Å². The lowest BCUT2D eigenvalue weighted by atomic mass is 9.80. The van der Waals surface area contributed by atoms with E-state index in [9.17, 15) is 1.37 Å². The van der Waals surface area contributed by atoms with Crippen molar-refractivity contribution in [2.45, 2.75) is 99.2 Å². The summed E-state index contributed by atoms with van der Waals surface area (Å²) < 4.78 is 59.7. The fourth-order valence-electron chi connectivity index (χ4n) is 10.5. The highest BCUT2D eigenvalue weighted by atomic mass is 16.5. The predicted molar refractivity (Wildman–Crippen MR) is 250 cm³/mol. The lowest BCUT2D eigenvalue weighted by Crippen LogP contribution is -2.78. The van der Waals surface area contributed by atoms with Crippen molar-refractivity contribution in [3.8, 4) is 67.5 Å². The quantitative estimate of drug-likeness (QED) is 0.159. The second-order valence-electron chi connectivity index (χ2n) is 19.1. The van der Waals surface area contributed by atoms with Gasteiger partial charge in [0.15, 0.2) is 23.0 Å².